The van der Waals surface area contributed by atoms with E-state index in [2.05, 4.69) is 10.1 Å². The summed E-state index contributed by atoms with van der Waals surface area (Å²) < 4.78 is 67.1. The maximum atomic E-state index is 13.3. The SMILES string of the molecule is CNC(COCC(F)(F)C(F)F)c1cc(C)cc(F)c1. The number of halogens is 5. The van der Waals surface area contributed by atoms with E-state index in [9.17, 15) is 22.0 Å². The lowest BCUT2D eigenvalue weighted by Crippen LogP contribution is -2.34. The number of hydrogen-bond donors (Lipinski definition) is 1. The number of rotatable bonds is 7. The van der Waals surface area contributed by atoms with Crippen LogP contribution in [0.25, 0.3) is 0 Å². The summed E-state index contributed by atoms with van der Waals surface area (Å²) in [5.74, 6) is -4.64. The van der Waals surface area contributed by atoms with Crippen molar-refractivity contribution < 1.29 is 26.7 Å². The van der Waals surface area contributed by atoms with E-state index < -0.39 is 30.8 Å². The highest BCUT2D eigenvalue weighted by molar-refractivity contribution is 5.26. The van der Waals surface area contributed by atoms with Gasteiger partial charge in [0.15, 0.2) is 0 Å². The second-order valence-corrected chi connectivity index (χ2v) is 4.48. The topological polar surface area (TPSA) is 21.3 Å². The van der Waals surface area contributed by atoms with Gasteiger partial charge in [0.05, 0.1) is 12.6 Å². The van der Waals surface area contributed by atoms with Crippen molar-refractivity contribution in [3.05, 3.63) is 35.1 Å². The summed E-state index contributed by atoms with van der Waals surface area (Å²) in [5.41, 5.74) is 1.17. The van der Waals surface area contributed by atoms with Gasteiger partial charge < -0.3 is 10.1 Å². The minimum atomic E-state index is -4.18. The summed E-state index contributed by atoms with van der Waals surface area (Å²) in [7, 11) is 1.54. The summed E-state index contributed by atoms with van der Waals surface area (Å²) in [4.78, 5) is 0. The van der Waals surface area contributed by atoms with Crippen LogP contribution < -0.4 is 5.32 Å². The van der Waals surface area contributed by atoms with E-state index in [1.165, 1.54) is 12.1 Å². The Hall–Kier alpha value is -1.21. The third-order valence-corrected chi connectivity index (χ3v) is 2.71. The van der Waals surface area contributed by atoms with Gasteiger partial charge in [0.1, 0.15) is 12.4 Å². The van der Waals surface area contributed by atoms with Gasteiger partial charge in [-0.3, -0.25) is 0 Å². The molecule has 0 aliphatic heterocycles. The van der Waals surface area contributed by atoms with Crippen LogP contribution in [-0.2, 0) is 4.74 Å². The number of ether oxygens (including phenoxy) is 1. The zero-order chi connectivity index (χ0) is 15.3. The smallest absolute Gasteiger partial charge is 0.330 e. The Morgan fingerprint density at radius 1 is 1.25 bits per heavy atom. The van der Waals surface area contributed by atoms with Crippen molar-refractivity contribution in [3.8, 4) is 0 Å². The lowest BCUT2D eigenvalue weighted by molar-refractivity contribution is -0.167. The molecule has 0 radical (unpaired) electrons. The molecule has 0 saturated heterocycles. The Balaban J connectivity index is 2.64. The van der Waals surface area contributed by atoms with Crippen LogP contribution in [0.3, 0.4) is 0 Å². The number of likely N-dealkylation sites (N-methyl/N-ethyl adjacent to an activating group) is 1. The quantitative estimate of drug-likeness (QED) is 0.780. The molecule has 114 valence electrons. The number of nitrogens with one attached hydrogen (secondary N) is 1. The lowest BCUT2D eigenvalue weighted by atomic mass is 10.0. The minimum absolute atomic E-state index is 0.262. The van der Waals surface area contributed by atoms with E-state index in [0.717, 1.165) is 0 Å². The van der Waals surface area contributed by atoms with Crippen molar-refractivity contribution in [2.24, 2.45) is 0 Å². The fraction of sp³-hybridized carbons (Fsp3) is 0.538. The Kier molecular flexibility index (Phi) is 5.88. The van der Waals surface area contributed by atoms with Crippen LogP contribution in [-0.4, -0.2) is 32.6 Å². The van der Waals surface area contributed by atoms with Gasteiger partial charge in [-0.2, -0.15) is 8.78 Å². The monoisotopic (exact) mass is 297 g/mol. The number of aryl methyl sites for hydroxylation is 1. The van der Waals surface area contributed by atoms with Gasteiger partial charge in [0.2, 0.25) is 0 Å². The van der Waals surface area contributed by atoms with Gasteiger partial charge in [0.25, 0.3) is 0 Å². The van der Waals surface area contributed by atoms with Crippen molar-refractivity contribution in [2.75, 3.05) is 20.3 Å². The molecule has 20 heavy (non-hydrogen) atoms. The van der Waals surface area contributed by atoms with Crippen molar-refractivity contribution in [1.82, 2.24) is 5.32 Å². The molecule has 1 aromatic carbocycles. The molecular formula is C13H16F5NO. The molecular weight excluding hydrogens is 281 g/mol. The van der Waals surface area contributed by atoms with Crippen molar-refractivity contribution in [2.45, 2.75) is 25.3 Å². The highest BCUT2D eigenvalue weighted by Crippen LogP contribution is 2.24. The molecule has 0 fully saturated rings. The molecule has 1 rings (SSSR count). The van der Waals surface area contributed by atoms with Gasteiger partial charge in [-0.25, -0.2) is 13.2 Å². The predicted octanol–water partition coefficient (Wildman–Crippen LogP) is 3.31. The Morgan fingerprint density at radius 2 is 1.90 bits per heavy atom. The van der Waals surface area contributed by atoms with Crippen LogP contribution in [0.15, 0.2) is 18.2 Å². The second-order valence-electron chi connectivity index (χ2n) is 4.48. The van der Waals surface area contributed by atoms with E-state index in [-0.39, 0.29) is 6.61 Å². The molecule has 0 heterocycles. The van der Waals surface area contributed by atoms with E-state index in [4.69, 9.17) is 0 Å². The standard InChI is InChI=1S/C13H16F5NO/c1-8-3-9(5-10(14)4-8)11(19-2)6-20-7-13(17,18)12(15)16/h3-5,11-12,19H,6-7H2,1-2H3. The molecule has 0 aromatic heterocycles. The van der Waals surface area contributed by atoms with Crippen LogP contribution in [0.4, 0.5) is 22.0 Å². The first-order valence-corrected chi connectivity index (χ1v) is 5.94. The van der Waals surface area contributed by atoms with Crippen LogP contribution >= 0.6 is 0 Å². The number of alkyl halides is 4. The van der Waals surface area contributed by atoms with E-state index in [1.54, 1.807) is 20.0 Å². The Labute approximate surface area is 113 Å². The maximum absolute atomic E-state index is 13.3. The van der Waals surface area contributed by atoms with E-state index in [0.29, 0.717) is 11.1 Å². The van der Waals surface area contributed by atoms with Crippen LogP contribution in [0.2, 0.25) is 0 Å². The average molecular weight is 297 g/mol. The molecule has 1 aromatic rings. The Morgan fingerprint density at radius 3 is 2.40 bits per heavy atom. The largest absolute Gasteiger partial charge is 0.373 e. The highest BCUT2D eigenvalue weighted by atomic mass is 19.3. The predicted molar refractivity (Wildman–Crippen MR) is 64.7 cm³/mol. The molecule has 0 aliphatic rings. The van der Waals surface area contributed by atoms with Crippen molar-refractivity contribution in [3.63, 3.8) is 0 Å². The van der Waals surface area contributed by atoms with Gasteiger partial charge in [0, 0.05) is 0 Å². The van der Waals surface area contributed by atoms with Crippen molar-refractivity contribution in [1.29, 1.82) is 0 Å². The summed E-state index contributed by atoms with van der Waals surface area (Å²) in [5, 5.41) is 2.76. The first-order valence-electron chi connectivity index (χ1n) is 5.94. The summed E-state index contributed by atoms with van der Waals surface area (Å²) in [6, 6.07) is 3.67. The van der Waals surface area contributed by atoms with Gasteiger partial charge in [-0.15, -0.1) is 0 Å². The molecule has 1 N–H and O–H groups in total. The second kappa shape index (κ2) is 6.99. The van der Waals surface area contributed by atoms with Crippen LogP contribution in [0.1, 0.15) is 17.2 Å². The minimum Gasteiger partial charge on any atom is -0.373 e. The van der Waals surface area contributed by atoms with Gasteiger partial charge in [-0.1, -0.05) is 6.07 Å². The summed E-state index contributed by atoms with van der Waals surface area (Å²) in [6.45, 7) is 0.0456. The summed E-state index contributed by atoms with van der Waals surface area (Å²) in [6.07, 6.45) is -3.77. The van der Waals surface area contributed by atoms with Crippen LogP contribution in [0, 0.1) is 12.7 Å². The zero-order valence-electron chi connectivity index (χ0n) is 11.1. The number of hydrogen-bond acceptors (Lipinski definition) is 2. The van der Waals surface area contributed by atoms with Crippen LogP contribution in [0.5, 0.6) is 0 Å². The molecule has 0 aliphatic carbocycles. The number of benzene rings is 1. The first kappa shape index (κ1) is 16.8. The third-order valence-electron chi connectivity index (χ3n) is 2.71. The van der Waals surface area contributed by atoms with E-state index in [1.807, 2.05) is 0 Å². The van der Waals surface area contributed by atoms with Crippen molar-refractivity contribution >= 4 is 0 Å². The molecule has 0 bridgehead atoms. The summed E-state index contributed by atoms with van der Waals surface area (Å²) >= 11 is 0. The van der Waals surface area contributed by atoms with Gasteiger partial charge in [-0.05, 0) is 37.2 Å². The molecule has 0 saturated carbocycles. The van der Waals surface area contributed by atoms with E-state index >= 15 is 0 Å². The molecule has 1 atom stereocenters. The molecule has 0 amide bonds. The normalized spacial score (nSPS) is 13.8. The molecule has 0 spiro atoms. The Bertz CT molecular complexity index is 419. The molecule has 1 unspecified atom stereocenters. The lowest BCUT2D eigenvalue weighted by Gasteiger charge is -2.20. The maximum Gasteiger partial charge on any atom is 0.330 e. The highest BCUT2D eigenvalue weighted by Gasteiger charge is 2.41. The fourth-order valence-corrected chi connectivity index (χ4v) is 1.69. The molecule has 2 nitrogen and oxygen atoms in total. The third kappa shape index (κ3) is 4.72. The average Bonchev–Trinajstić information content (AvgIpc) is 2.33. The fourth-order valence-electron chi connectivity index (χ4n) is 1.69. The molecule has 7 heteroatoms. The van der Waals surface area contributed by atoms with Gasteiger partial charge >= 0.3 is 12.3 Å². The first-order chi connectivity index (χ1) is 9.26. The zero-order valence-corrected chi connectivity index (χ0v) is 11.1.